The first-order valence-corrected chi connectivity index (χ1v) is 28.2. The maximum absolute atomic E-state index is 3.43. The van der Waals surface area contributed by atoms with E-state index in [1.807, 2.05) is 0 Å². The highest BCUT2D eigenvalue weighted by molar-refractivity contribution is 8.02. The van der Waals surface area contributed by atoms with Crippen LogP contribution in [0.1, 0.15) is 212 Å². The Balaban J connectivity index is 0.794. The van der Waals surface area contributed by atoms with Crippen molar-refractivity contribution >= 4 is 23.5 Å². The molecule has 0 radical (unpaired) electrons. The molecule has 0 aromatic carbocycles. The first kappa shape index (κ1) is 38.6. The Bertz CT molecular complexity index is 1240. The van der Waals surface area contributed by atoms with E-state index in [0.29, 0.717) is 0 Å². The number of nitrogens with zero attached hydrogens (tertiary/aromatic N) is 1. The summed E-state index contributed by atoms with van der Waals surface area (Å²) in [6, 6.07) is 2.76. The van der Waals surface area contributed by atoms with Gasteiger partial charge in [0.25, 0.3) is 0 Å². The Morgan fingerprint density at radius 3 is 1.62 bits per heavy atom. The van der Waals surface area contributed by atoms with Gasteiger partial charge in [-0.05, 0) is 187 Å². The molecule has 14 unspecified atom stereocenters. The van der Waals surface area contributed by atoms with E-state index in [4.69, 9.17) is 0 Å². The van der Waals surface area contributed by atoms with Crippen molar-refractivity contribution in [2.75, 3.05) is 0 Å². The third kappa shape index (κ3) is 7.55. The maximum Gasteiger partial charge on any atom is 0.0123 e. The van der Waals surface area contributed by atoms with Gasteiger partial charge in [0.15, 0.2) is 0 Å². The van der Waals surface area contributed by atoms with E-state index < -0.39 is 0 Å². The molecule has 14 atom stereocenters. The molecule has 1 nitrogen and oxygen atoms in total. The van der Waals surface area contributed by atoms with E-state index in [2.05, 4.69) is 28.4 Å². The molecule has 2 heterocycles. The standard InChI is InChI=1S/C52H85NS2/c1-2-11-34(12-3-1)35-23-27-39(28-24-35)53(40-29-25-37(26-30-40)43-19-9-14-36-13-4-5-17-42(36)43)41-16-8-15-38(33-41)44-20-10-21-45-46-31-32-49-50(52(46)55-51(44)45)47-18-6-7-22-48(47)54-49/h34-52H,1-33H2. The lowest BCUT2D eigenvalue weighted by molar-refractivity contribution is -0.0243. The molecule has 2 aliphatic heterocycles. The number of hydrogen-bond donors (Lipinski definition) is 0. The number of thioether (sulfide) groups is 2. The summed E-state index contributed by atoms with van der Waals surface area (Å²) in [6.07, 6.45) is 51.9. The van der Waals surface area contributed by atoms with Crippen molar-refractivity contribution in [3.05, 3.63) is 0 Å². The van der Waals surface area contributed by atoms with Crippen molar-refractivity contribution in [2.45, 2.75) is 251 Å². The Morgan fingerprint density at radius 2 is 0.800 bits per heavy atom. The molecular formula is C52H85NS2. The molecular weight excluding hydrogens is 703 g/mol. The number of hydrogen-bond acceptors (Lipinski definition) is 3. The van der Waals surface area contributed by atoms with Crippen molar-refractivity contribution < 1.29 is 0 Å². The maximum atomic E-state index is 3.43. The molecule has 0 spiro atoms. The molecule has 0 N–H and O–H groups in total. The van der Waals surface area contributed by atoms with Gasteiger partial charge in [-0.1, -0.05) is 96.3 Å². The minimum atomic E-state index is 0.918. The summed E-state index contributed by atoms with van der Waals surface area (Å²) in [4.78, 5) is 3.43. The minimum absolute atomic E-state index is 0.918. The quantitative estimate of drug-likeness (QED) is 0.264. The van der Waals surface area contributed by atoms with Gasteiger partial charge in [-0.3, -0.25) is 4.90 Å². The van der Waals surface area contributed by atoms with Gasteiger partial charge in [-0.2, -0.15) is 23.5 Å². The van der Waals surface area contributed by atoms with Gasteiger partial charge in [0.05, 0.1) is 0 Å². The van der Waals surface area contributed by atoms with E-state index in [9.17, 15) is 0 Å². The van der Waals surface area contributed by atoms with E-state index >= 15 is 0 Å². The fourth-order valence-electron chi connectivity index (χ4n) is 18.7. The Hall–Kier alpha value is 0.660. The van der Waals surface area contributed by atoms with Crippen LogP contribution >= 0.6 is 23.5 Å². The zero-order valence-corrected chi connectivity index (χ0v) is 37.2. The minimum Gasteiger partial charge on any atom is -0.294 e. The predicted molar refractivity (Wildman–Crippen MR) is 238 cm³/mol. The summed E-state index contributed by atoms with van der Waals surface area (Å²) >= 11 is 5.21. The fraction of sp³-hybridized carbons (Fsp3) is 1.00. The van der Waals surface area contributed by atoms with Crippen molar-refractivity contribution in [1.29, 1.82) is 0 Å². The van der Waals surface area contributed by atoms with Gasteiger partial charge < -0.3 is 0 Å². The van der Waals surface area contributed by atoms with Crippen molar-refractivity contribution in [2.24, 2.45) is 71.0 Å². The summed E-state index contributed by atoms with van der Waals surface area (Å²) in [6.45, 7) is 0. The summed E-state index contributed by atoms with van der Waals surface area (Å²) in [5.74, 6) is 13.1. The first-order chi connectivity index (χ1) is 27.3. The lowest BCUT2D eigenvalue weighted by Crippen LogP contribution is -2.54. The van der Waals surface area contributed by atoms with E-state index in [-0.39, 0.29) is 0 Å². The molecule has 3 heteroatoms. The zero-order valence-electron chi connectivity index (χ0n) is 35.6. The smallest absolute Gasteiger partial charge is 0.0123 e. The van der Waals surface area contributed by atoms with E-state index in [1.54, 1.807) is 186 Å². The highest BCUT2D eigenvalue weighted by Gasteiger charge is 2.59. The average Bonchev–Trinajstić information content (AvgIpc) is 3.83. The Kier molecular flexibility index (Phi) is 12.1. The molecule has 9 aliphatic carbocycles. The number of fused-ring (bicyclic) bond motifs is 8. The van der Waals surface area contributed by atoms with Gasteiger partial charge in [-0.15, -0.1) is 0 Å². The van der Waals surface area contributed by atoms with Crippen LogP contribution in [0.4, 0.5) is 0 Å². The molecule has 11 rings (SSSR count). The second-order valence-electron chi connectivity index (χ2n) is 23.2. The third-order valence-corrected chi connectivity index (χ3v) is 24.8. The molecule has 2 saturated heterocycles. The van der Waals surface area contributed by atoms with Gasteiger partial charge >= 0.3 is 0 Å². The summed E-state index contributed by atoms with van der Waals surface area (Å²) < 4.78 is 0. The van der Waals surface area contributed by atoms with Gasteiger partial charge in [0.2, 0.25) is 0 Å². The molecule has 0 aromatic rings. The second kappa shape index (κ2) is 17.2. The highest BCUT2D eigenvalue weighted by atomic mass is 32.2. The van der Waals surface area contributed by atoms with Crippen molar-refractivity contribution in [3.8, 4) is 0 Å². The highest BCUT2D eigenvalue weighted by Crippen LogP contribution is 2.66. The van der Waals surface area contributed by atoms with Crippen molar-refractivity contribution in [1.82, 2.24) is 4.90 Å². The lowest BCUT2D eigenvalue weighted by atomic mass is 9.59. The van der Waals surface area contributed by atoms with Crippen LogP contribution in [0.25, 0.3) is 0 Å². The molecule has 0 aromatic heterocycles. The van der Waals surface area contributed by atoms with Crippen LogP contribution in [0.3, 0.4) is 0 Å². The van der Waals surface area contributed by atoms with Gasteiger partial charge in [0.1, 0.15) is 0 Å². The van der Waals surface area contributed by atoms with Crippen LogP contribution in [-0.2, 0) is 0 Å². The lowest BCUT2D eigenvalue weighted by Gasteiger charge is -2.53. The summed E-state index contributed by atoms with van der Waals surface area (Å²) in [5, 5.41) is 4.17. The van der Waals surface area contributed by atoms with Crippen LogP contribution in [0.15, 0.2) is 0 Å². The monoisotopic (exact) mass is 788 g/mol. The largest absolute Gasteiger partial charge is 0.294 e. The fourth-order valence-corrected chi connectivity index (χ4v) is 23.5. The molecule has 11 fully saturated rings. The topological polar surface area (TPSA) is 3.24 Å². The molecule has 0 amide bonds. The van der Waals surface area contributed by atoms with Crippen LogP contribution in [-0.4, -0.2) is 44.0 Å². The first-order valence-electron chi connectivity index (χ1n) is 26.3. The van der Waals surface area contributed by atoms with Gasteiger partial charge in [0, 0.05) is 39.1 Å². The third-order valence-electron chi connectivity index (χ3n) is 21.0. The van der Waals surface area contributed by atoms with E-state index in [1.165, 1.54) is 25.7 Å². The predicted octanol–water partition coefficient (Wildman–Crippen LogP) is 14.8. The molecule has 310 valence electrons. The SMILES string of the molecule is C1CCC(C2CCC(N(C3CCC(C4CCCC5CCCCC54)CC3)C3CCCC(C4CCCC5C6CCC7SC8CCCCC8C7C6SC45)C3)CC2)CC1. The summed E-state index contributed by atoms with van der Waals surface area (Å²) in [7, 11) is 0. The van der Waals surface area contributed by atoms with Crippen LogP contribution in [0, 0.1) is 71.0 Å². The number of rotatable bonds is 6. The van der Waals surface area contributed by atoms with Crippen molar-refractivity contribution in [3.63, 3.8) is 0 Å². The molecule has 55 heavy (non-hydrogen) atoms. The Labute approximate surface area is 348 Å². The normalized spacial score (nSPS) is 52.1. The van der Waals surface area contributed by atoms with Crippen LogP contribution in [0.2, 0.25) is 0 Å². The van der Waals surface area contributed by atoms with Crippen LogP contribution in [0.5, 0.6) is 0 Å². The average molecular weight is 788 g/mol. The summed E-state index contributed by atoms with van der Waals surface area (Å²) in [5.41, 5.74) is 0. The molecule has 9 saturated carbocycles. The Morgan fingerprint density at radius 1 is 0.273 bits per heavy atom. The van der Waals surface area contributed by atoms with Gasteiger partial charge in [-0.25, -0.2) is 0 Å². The van der Waals surface area contributed by atoms with E-state index in [0.717, 1.165) is 110 Å². The molecule has 0 bridgehead atoms. The van der Waals surface area contributed by atoms with Crippen LogP contribution < -0.4 is 0 Å². The zero-order chi connectivity index (χ0) is 36.3. The second-order valence-corrected chi connectivity index (χ2v) is 26.0. The molecule has 11 aliphatic rings.